The van der Waals surface area contributed by atoms with Crippen LogP contribution in [0.2, 0.25) is 0 Å². The number of carbonyl (C=O) groups is 1. The lowest BCUT2D eigenvalue weighted by Crippen LogP contribution is -2.25. The van der Waals surface area contributed by atoms with Crippen LogP contribution in [-0.4, -0.2) is 40.6 Å². The summed E-state index contributed by atoms with van der Waals surface area (Å²) in [6, 6.07) is 1.61. The molecule has 2 heterocycles. The molecule has 4 nitrogen and oxygen atoms in total. The molecule has 0 atom stereocenters. The number of nitrogens with zero attached hydrogens (tertiary/aromatic N) is 1. The molecule has 0 aromatic carbocycles. The second kappa shape index (κ2) is 5.41. The van der Waals surface area contributed by atoms with Crippen molar-refractivity contribution in [3.05, 3.63) is 23.7 Å². The van der Waals surface area contributed by atoms with Gasteiger partial charge in [-0.15, -0.1) is 0 Å². The van der Waals surface area contributed by atoms with Gasteiger partial charge in [-0.1, -0.05) is 0 Å². The molecule has 1 aromatic rings. The maximum Gasteiger partial charge on any atom is 0.338 e. The van der Waals surface area contributed by atoms with Crippen molar-refractivity contribution >= 4 is 17.7 Å². The monoisotopic (exact) mass is 241 g/mol. The highest BCUT2D eigenvalue weighted by Crippen LogP contribution is 2.15. The lowest BCUT2D eigenvalue weighted by molar-refractivity contribution is 0.0696. The Kier molecular flexibility index (Phi) is 3.90. The number of aromatic carboxylic acids is 1. The quantitative estimate of drug-likeness (QED) is 0.876. The van der Waals surface area contributed by atoms with Crippen LogP contribution in [0.1, 0.15) is 22.5 Å². The van der Waals surface area contributed by atoms with Crippen LogP contribution >= 0.6 is 11.8 Å². The van der Waals surface area contributed by atoms with E-state index in [4.69, 9.17) is 9.52 Å². The van der Waals surface area contributed by atoms with Gasteiger partial charge in [-0.2, -0.15) is 11.8 Å². The van der Waals surface area contributed by atoms with Crippen LogP contribution in [0.4, 0.5) is 0 Å². The molecule has 0 spiro atoms. The smallest absolute Gasteiger partial charge is 0.338 e. The molecule has 1 fully saturated rings. The second-order valence-corrected chi connectivity index (χ2v) is 5.07. The highest BCUT2D eigenvalue weighted by Gasteiger charge is 2.13. The van der Waals surface area contributed by atoms with Crippen molar-refractivity contribution in [2.75, 3.05) is 24.6 Å². The van der Waals surface area contributed by atoms with Gasteiger partial charge in [0.05, 0.1) is 12.1 Å². The fourth-order valence-corrected chi connectivity index (χ4v) is 2.68. The molecule has 0 amide bonds. The molecule has 5 heteroatoms. The standard InChI is InChI=1S/C11H15NO3S/c13-11(14)9-6-10(15-8-9)7-12-2-1-4-16-5-3-12/h6,8H,1-5,7H2,(H,13,14). The summed E-state index contributed by atoms with van der Waals surface area (Å²) in [6.07, 6.45) is 2.50. The van der Waals surface area contributed by atoms with Crippen LogP contribution in [0.25, 0.3) is 0 Å². The number of hydrogen-bond acceptors (Lipinski definition) is 4. The summed E-state index contributed by atoms with van der Waals surface area (Å²) in [5.41, 5.74) is 0.235. The summed E-state index contributed by atoms with van der Waals surface area (Å²) in [4.78, 5) is 13.0. The number of carboxylic acid groups (broad SMARTS) is 1. The van der Waals surface area contributed by atoms with Crippen molar-refractivity contribution in [2.45, 2.75) is 13.0 Å². The van der Waals surface area contributed by atoms with E-state index >= 15 is 0 Å². The van der Waals surface area contributed by atoms with E-state index in [0.29, 0.717) is 6.54 Å². The Hall–Kier alpha value is -0.940. The van der Waals surface area contributed by atoms with Crippen LogP contribution < -0.4 is 0 Å². The Bertz CT molecular complexity index is 356. The molecule has 1 aliphatic rings. The van der Waals surface area contributed by atoms with Crippen molar-refractivity contribution < 1.29 is 14.3 Å². The van der Waals surface area contributed by atoms with Crippen LogP contribution in [0, 0.1) is 0 Å². The summed E-state index contributed by atoms with van der Waals surface area (Å²) < 4.78 is 5.24. The maximum absolute atomic E-state index is 10.7. The molecule has 0 radical (unpaired) electrons. The first-order valence-corrected chi connectivity index (χ1v) is 6.52. The largest absolute Gasteiger partial charge is 0.478 e. The lowest BCUT2D eigenvalue weighted by atomic mass is 10.3. The molecule has 0 unspecified atom stereocenters. The highest BCUT2D eigenvalue weighted by atomic mass is 32.2. The van der Waals surface area contributed by atoms with Gasteiger partial charge in [0.1, 0.15) is 12.0 Å². The normalized spacial score (nSPS) is 18.2. The average molecular weight is 241 g/mol. The highest BCUT2D eigenvalue weighted by molar-refractivity contribution is 7.99. The van der Waals surface area contributed by atoms with Gasteiger partial charge in [0.2, 0.25) is 0 Å². The molecule has 0 saturated carbocycles. The third kappa shape index (κ3) is 3.02. The summed E-state index contributed by atoms with van der Waals surface area (Å²) in [7, 11) is 0. The first kappa shape index (κ1) is 11.5. The predicted molar refractivity (Wildman–Crippen MR) is 62.9 cm³/mol. The van der Waals surface area contributed by atoms with E-state index in [0.717, 1.165) is 24.6 Å². The van der Waals surface area contributed by atoms with Crippen molar-refractivity contribution in [1.29, 1.82) is 0 Å². The number of hydrogen-bond donors (Lipinski definition) is 1. The zero-order valence-corrected chi connectivity index (χ0v) is 9.83. The van der Waals surface area contributed by atoms with Gasteiger partial charge in [-0.25, -0.2) is 4.79 Å². The molecule has 1 saturated heterocycles. The molecule has 1 aliphatic heterocycles. The molecule has 2 rings (SSSR count). The number of thioether (sulfide) groups is 1. The van der Waals surface area contributed by atoms with Crippen molar-refractivity contribution in [2.24, 2.45) is 0 Å². The summed E-state index contributed by atoms with van der Waals surface area (Å²) in [6.45, 7) is 2.83. The summed E-state index contributed by atoms with van der Waals surface area (Å²) in [5.74, 6) is 2.17. The Morgan fingerprint density at radius 3 is 3.12 bits per heavy atom. The molecule has 1 aromatic heterocycles. The minimum Gasteiger partial charge on any atom is -0.478 e. The van der Waals surface area contributed by atoms with Crippen LogP contribution in [0.3, 0.4) is 0 Å². The number of rotatable bonds is 3. The summed E-state index contributed by atoms with van der Waals surface area (Å²) in [5, 5.41) is 8.77. The molecule has 0 bridgehead atoms. The Morgan fingerprint density at radius 1 is 1.50 bits per heavy atom. The van der Waals surface area contributed by atoms with E-state index in [1.807, 2.05) is 11.8 Å². The number of furan rings is 1. The Labute approximate surface area is 98.6 Å². The van der Waals surface area contributed by atoms with Crippen LogP contribution in [-0.2, 0) is 6.54 Å². The molecule has 16 heavy (non-hydrogen) atoms. The minimum absolute atomic E-state index is 0.235. The molecular weight excluding hydrogens is 226 g/mol. The fourth-order valence-electron chi connectivity index (χ4n) is 1.75. The average Bonchev–Trinajstić information content (AvgIpc) is 2.56. The van der Waals surface area contributed by atoms with Crippen molar-refractivity contribution in [3.8, 4) is 0 Å². The van der Waals surface area contributed by atoms with Gasteiger partial charge < -0.3 is 9.52 Å². The minimum atomic E-state index is -0.929. The van der Waals surface area contributed by atoms with Crippen molar-refractivity contribution in [1.82, 2.24) is 4.90 Å². The van der Waals surface area contributed by atoms with Gasteiger partial charge in [0, 0.05) is 12.3 Å². The van der Waals surface area contributed by atoms with E-state index in [9.17, 15) is 4.79 Å². The van der Waals surface area contributed by atoms with E-state index in [2.05, 4.69) is 4.90 Å². The van der Waals surface area contributed by atoms with E-state index in [1.54, 1.807) is 6.07 Å². The number of carboxylic acids is 1. The topological polar surface area (TPSA) is 53.7 Å². The van der Waals surface area contributed by atoms with E-state index in [1.165, 1.54) is 18.4 Å². The van der Waals surface area contributed by atoms with Crippen molar-refractivity contribution in [3.63, 3.8) is 0 Å². The maximum atomic E-state index is 10.7. The third-order valence-corrected chi connectivity index (χ3v) is 3.64. The molecule has 1 N–H and O–H groups in total. The van der Waals surface area contributed by atoms with E-state index in [-0.39, 0.29) is 5.56 Å². The van der Waals surface area contributed by atoms with Gasteiger partial charge in [-0.3, -0.25) is 4.90 Å². The third-order valence-electron chi connectivity index (χ3n) is 2.60. The Balaban J connectivity index is 1.94. The molecular formula is C11H15NO3S. The first-order chi connectivity index (χ1) is 7.75. The second-order valence-electron chi connectivity index (χ2n) is 3.85. The zero-order valence-electron chi connectivity index (χ0n) is 9.02. The Morgan fingerprint density at radius 2 is 2.38 bits per heavy atom. The van der Waals surface area contributed by atoms with Gasteiger partial charge >= 0.3 is 5.97 Å². The predicted octanol–water partition coefficient (Wildman–Crippen LogP) is 1.92. The molecule has 88 valence electrons. The van der Waals surface area contributed by atoms with Gasteiger partial charge in [-0.05, 0) is 24.8 Å². The summed E-state index contributed by atoms with van der Waals surface area (Å²) >= 11 is 1.97. The van der Waals surface area contributed by atoms with E-state index < -0.39 is 5.97 Å². The van der Waals surface area contributed by atoms with Crippen LogP contribution in [0.15, 0.2) is 16.7 Å². The van der Waals surface area contributed by atoms with Crippen LogP contribution in [0.5, 0.6) is 0 Å². The zero-order chi connectivity index (χ0) is 11.4. The lowest BCUT2D eigenvalue weighted by Gasteiger charge is -2.17. The van der Waals surface area contributed by atoms with Gasteiger partial charge in [0.25, 0.3) is 0 Å². The SMILES string of the molecule is O=C(O)c1coc(CN2CCCSCC2)c1. The molecule has 0 aliphatic carbocycles. The fraction of sp³-hybridized carbons (Fsp3) is 0.545. The first-order valence-electron chi connectivity index (χ1n) is 5.36. The van der Waals surface area contributed by atoms with Gasteiger partial charge in [0.15, 0.2) is 0 Å².